The summed E-state index contributed by atoms with van der Waals surface area (Å²) in [7, 11) is 0. The number of hydrogen-bond donors (Lipinski definition) is 0. The van der Waals surface area contributed by atoms with Crippen molar-refractivity contribution in [3.05, 3.63) is 23.8 Å². The van der Waals surface area contributed by atoms with Crippen molar-refractivity contribution < 1.29 is 9.47 Å². The van der Waals surface area contributed by atoms with Crippen molar-refractivity contribution in [2.45, 2.75) is 40.4 Å². The fourth-order valence-corrected chi connectivity index (χ4v) is 1.11. The van der Waals surface area contributed by atoms with E-state index in [2.05, 4.69) is 19.1 Å². The van der Waals surface area contributed by atoms with E-state index < -0.39 is 0 Å². The molecule has 0 rings (SSSR count). The van der Waals surface area contributed by atoms with E-state index in [1.165, 1.54) is 0 Å². The molecule has 0 unspecified atom stereocenters. The molecular weight excluding hydrogens is 176 g/mol. The molecule has 0 radical (unpaired) electrons. The van der Waals surface area contributed by atoms with Gasteiger partial charge in [-0.3, -0.25) is 0 Å². The van der Waals surface area contributed by atoms with Crippen LogP contribution in [-0.2, 0) is 9.47 Å². The molecular formula is C12H22O2. The molecule has 0 aliphatic heterocycles. The van der Waals surface area contributed by atoms with E-state index in [1.54, 1.807) is 0 Å². The quantitative estimate of drug-likeness (QED) is 0.461. The third-order valence-corrected chi connectivity index (χ3v) is 1.79. The molecule has 0 aromatic carbocycles. The van der Waals surface area contributed by atoms with Crippen LogP contribution in [0, 0.1) is 0 Å². The van der Waals surface area contributed by atoms with Crippen molar-refractivity contribution in [2.24, 2.45) is 0 Å². The molecule has 0 bridgehead atoms. The van der Waals surface area contributed by atoms with E-state index in [0.717, 1.165) is 12.0 Å². The molecule has 0 atom stereocenters. The second-order valence-corrected chi connectivity index (χ2v) is 2.84. The predicted molar refractivity (Wildman–Crippen MR) is 60.2 cm³/mol. The van der Waals surface area contributed by atoms with E-state index in [1.807, 2.05) is 26.8 Å². The summed E-state index contributed by atoms with van der Waals surface area (Å²) >= 11 is 0. The molecule has 0 spiro atoms. The minimum Gasteiger partial charge on any atom is -0.349 e. The first kappa shape index (κ1) is 13.4. The average molecular weight is 198 g/mol. The van der Waals surface area contributed by atoms with E-state index in [9.17, 15) is 0 Å². The van der Waals surface area contributed by atoms with Crippen molar-refractivity contribution >= 4 is 0 Å². The summed E-state index contributed by atoms with van der Waals surface area (Å²) in [6.45, 7) is 9.40. The van der Waals surface area contributed by atoms with Gasteiger partial charge in [-0.2, -0.15) is 0 Å². The van der Waals surface area contributed by atoms with Gasteiger partial charge in [0.2, 0.25) is 0 Å². The lowest BCUT2D eigenvalue weighted by Crippen LogP contribution is -2.19. The summed E-state index contributed by atoms with van der Waals surface area (Å²) in [5.74, 6) is 0. The Morgan fingerprint density at radius 2 is 1.71 bits per heavy atom. The van der Waals surface area contributed by atoms with Crippen LogP contribution < -0.4 is 0 Å². The average Bonchev–Trinajstić information content (AvgIpc) is 2.19. The summed E-state index contributed by atoms with van der Waals surface area (Å²) < 4.78 is 11.0. The van der Waals surface area contributed by atoms with Gasteiger partial charge in [-0.1, -0.05) is 25.2 Å². The summed E-state index contributed by atoms with van der Waals surface area (Å²) in [4.78, 5) is 0. The summed E-state index contributed by atoms with van der Waals surface area (Å²) in [5.41, 5.74) is 1.09. The molecule has 2 heteroatoms. The Morgan fingerprint density at radius 1 is 1.14 bits per heavy atom. The Balaban J connectivity index is 4.34. The van der Waals surface area contributed by atoms with Gasteiger partial charge in [0.25, 0.3) is 0 Å². The van der Waals surface area contributed by atoms with Crippen LogP contribution in [0.25, 0.3) is 0 Å². The zero-order chi connectivity index (χ0) is 10.8. The Kier molecular flexibility index (Phi) is 8.59. The van der Waals surface area contributed by atoms with Gasteiger partial charge in [-0.25, -0.2) is 0 Å². The zero-order valence-corrected chi connectivity index (χ0v) is 9.75. The van der Waals surface area contributed by atoms with Gasteiger partial charge >= 0.3 is 0 Å². The van der Waals surface area contributed by atoms with Crippen molar-refractivity contribution in [3.63, 3.8) is 0 Å². The number of rotatable bonds is 7. The molecule has 0 aliphatic carbocycles. The molecule has 0 N–H and O–H groups in total. The first-order valence-corrected chi connectivity index (χ1v) is 5.36. The van der Waals surface area contributed by atoms with Gasteiger partial charge in [0.1, 0.15) is 0 Å². The second kappa shape index (κ2) is 8.97. The van der Waals surface area contributed by atoms with Gasteiger partial charge in [0.15, 0.2) is 6.29 Å². The van der Waals surface area contributed by atoms with Crippen LogP contribution in [0.5, 0.6) is 0 Å². The second-order valence-electron chi connectivity index (χ2n) is 2.84. The summed E-state index contributed by atoms with van der Waals surface area (Å²) in [5, 5.41) is 0. The molecule has 2 nitrogen and oxygen atoms in total. The zero-order valence-electron chi connectivity index (χ0n) is 9.75. The van der Waals surface area contributed by atoms with Crippen LogP contribution in [0.1, 0.15) is 34.1 Å². The standard InChI is InChI=1S/C12H22O2/c1-5-9-10-11(6-2)12(13-7-3)14-8-4/h6,9-10,12H,5,7-8H2,1-4H3. The Bertz CT molecular complexity index is 177. The Morgan fingerprint density at radius 3 is 2.07 bits per heavy atom. The molecule has 0 saturated carbocycles. The number of hydrogen-bond acceptors (Lipinski definition) is 2. The van der Waals surface area contributed by atoms with E-state index in [0.29, 0.717) is 13.2 Å². The highest BCUT2D eigenvalue weighted by Crippen LogP contribution is 2.10. The fraction of sp³-hybridized carbons (Fsp3) is 0.667. The first-order chi connectivity index (χ1) is 6.79. The van der Waals surface area contributed by atoms with Crippen molar-refractivity contribution in [1.82, 2.24) is 0 Å². The van der Waals surface area contributed by atoms with Crippen molar-refractivity contribution in [1.29, 1.82) is 0 Å². The molecule has 0 aliphatic rings. The van der Waals surface area contributed by atoms with Crippen molar-refractivity contribution in [3.8, 4) is 0 Å². The first-order valence-electron chi connectivity index (χ1n) is 5.36. The molecule has 0 amide bonds. The molecule has 0 aromatic heterocycles. The van der Waals surface area contributed by atoms with Crippen LogP contribution in [0.3, 0.4) is 0 Å². The van der Waals surface area contributed by atoms with Gasteiger partial charge in [0.05, 0.1) is 0 Å². The van der Waals surface area contributed by atoms with E-state index in [4.69, 9.17) is 9.47 Å². The van der Waals surface area contributed by atoms with Crippen LogP contribution in [0.4, 0.5) is 0 Å². The van der Waals surface area contributed by atoms with Crippen molar-refractivity contribution in [2.75, 3.05) is 13.2 Å². The summed E-state index contributed by atoms with van der Waals surface area (Å²) in [6.07, 6.45) is 7.03. The van der Waals surface area contributed by atoms with E-state index in [-0.39, 0.29) is 6.29 Å². The lowest BCUT2D eigenvalue weighted by Gasteiger charge is -2.17. The normalized spacial score (nSPS) is 13.1. The Labute approximate surface area is 87.6 Å². The third kappa shape index (κ3) is 5.20. The van der Waals surface area contributed by atoms with Crippen LogP contribution in [0.15, 0.2) is 23.8 Å². The predicted octanol–water partition coefficient (Wildman–Crippen LogP) is 3.30. The molecule has 82 valence electrons. The van der Waals surface area contributed by atoms with Crippen LogP contribution >= 0.6 is 0 Å². The molecule has 0 aromatic rings. The lowest BCUT2D eigenvalue weighted by atomic mass is 10.2. The highest BCUT2D eigenvalue weighted by molar-refractivity contribution is 5.20. The highest BCUT2D eigenvalue weighted by atomic mass is 16.7. The maximum atomic E-state index is 5.49. The third-order valence-electron chi connectivity index (χ3n) is 1.79. The number of allylic oxidation sites excluding steroid dienone is 2. The van der Waals surface area contributed by atoms with Gasteiger partial charge in [-0.15, -0.1) is 0 Å². The van der Waals surface area contributed by atoms with Gasteiger partial charge in [0, 0.05) is 18.8 Å². The van der Waals surface area contributed by atoms with E-state index >= 15 is 0 Å². The number of ether oxygens (including phenoxy) is 2. The molecule has 0 heterocycles. The smallest absolute Gasteiger partial charge is 0.183 e. The molecule has 14 heavy (non-hydrogen) atoms. The maximum Gasteiger partial charge on any atom is 0.183 e. The maximum absolute atomic E-state index is 5.49. The topological polar surface area (TPSA) is 18.5 Å². The SMILES string of the molecule is CC=C(C=CCC)C(OCC)OCC. The molecule has 0 fully saturated rings. The monoisotopic (exact) mass is 198 g/mol. The van der Waals surface area contributed by atoms with Crippen LogP contribution in [-0.4, -0.2) is 19.5 Å². The van der Waals surface area contributed by atoms with Crippen LogP contribution in [0.2, 0.25) is 0 Å². The fourth-order valence-electron chi connectivity index (χ4n) is 1.11. The minimum absolute atomic E-state index is 0.210. The van der Waals surface area contributed by atoms with Gasteiger partial charge in [-0.05, 0) is 27.2 Å². The molecule has 0 saturated heterocycles. The van der Waals surface area contributed by atoms with Gasteiger partial charge < -0.3 is 9.47 Å². The minimum atomic E-state index is -0.210. The highest BCUT2D eigenvalue weighted by Gasteiger charge is 2.10. The summed E-state index contributed by atoms with van der Waals surface area (Å²) in [6, 6.07) is 0. The Hall–Kier alpha value is -0.600. The largest absolute Gasteiger partial charge is 0.349 e. The lowest BCUT2D eigenvalue weighted by molar-refractivity contribution is -0.109.